The summed E-state index contributed by atoms with van der Waals surface area (Å²) in [6.07, 6.45) is 0. The Bertz CT molecular complexity index is 1270. The highest BCUT2D eigenvalue weighted by Crippen LogP contribution is 2.23. The number of carbonyl (C=O) groups is 1. The Morgan fingerprint density at radius 2 is 1.97 bits per heavy atom. The van der Waals surface area contributed by atoms with Gasteiger partial charge in [-0.25, -0.2) is 4.39 Å². The third-order valence-electron chi connectivity index (χ3n) is 4.90. The van der Waals surface area contributed by atoms with Crippen molar-refractivity contribution in [2.45, 2.75) is 27.0 Å². The molecule has 0 saturated carbocycles. The topological polar surface area (TPSA) is 69.3 Å². The summed E-state index contributed by atoms with van der Waals surface area (Å²) < 4.78 is 26.5. The van der Waals surface area contributed by atoms with Crippen molar-refractivity contribution in [2.24, 2.45) is 0 Å². The van der Waals surface area contributed by atoms with Crippen molar-refractivity contribution >= 4 is 23.2 Å². The van der Waals surface area contributed by atoms with Crippen molar-refractivity contribution in [3.63, 3.8) is 0 Å². The average molecular weight is 454 g/mol. The van der Waals surface area contributed by atoms with Crippen LogP contribution in [-0.4, -0.2) is 15.7 Å². The van der Waals surface area contributed by atoms with Crippen LogP contribution in [-0.2, 0) is 13.2 Å². The third kappa shape index (κ3) is 5.00. The quantitative estimate of drug-likeness (QED) is 0.386. The number of aromatic nitrogens is 2. The molecule has 0 atom stereocenters. The lowest BCUT2D eigenvalue weighted by molar-refractivity contribution is 0.0992. The summed E-state index contributed by atoms with van der Waals surface area (Å²) in [5.74, 6) is 0.578. The Labute approximate surface area is 189 Å². The van der Waals surface area contributed by atoms with Gasteiger partial charge in [-0.15, -0.1) is 0 Å². The lowest BCUT2D eigenvalue weighted by Gasteiger charge is -2.07. The van der Waals surface area contributed by atoms with Crippen LogP contribution in [0.5, 0.6) is 5.75 Å². The SMILES string of the molecule is Cc1nn(Cc2cccc(F)c2)c(C)c1NC(=O)c1ccc(COc2cccc(Cl)c2)o1. The van der Waals surface area contributed by atoms with Gasteiger partial charge in [-0.2, -0.15) is 5.10 Å². The molecule has 0 unspecified atom stereocenters. The number of ether oxygens (including phenoxy) is 1. The molecular formula is C24H21ClFN3O3. The predicted molar refractivity (Wildman–Crippen MR) is 120 cm³/mol. The summed E-state index contributed by atoms with van der Waals surface area (Å²) in [5.41, 5.74) is 2.79. The Hall–Kier alpha value is -3.58. The second-order valence-electron chi connectivity index (χ2n) is 7.30. The van der Waals surface area contributed by atoms with E-state index in [4.69, 9.17) is 20.8 Å². The largest absolute Gasteiger partial charge is 0.486 e. The molecule has 0 bridgehead atoms. The van der Waals surface area contributed by atoms with E-state index in [1.807, 2.05) is 13.0 Å². The monoisotopic (exact) mass is 453 g/mol. The lowest BCUT2D eigenvalue weighted by atomic mass is 10.2. The van der Waals surface area contributed by atoms with Gasteiger partial charge in [0, 0.05) is 5.02 Å². The number of hydrogen-bond donors (Lipinski definition) is 1. The first-order chi connectivity index (χ1) is 15.4. The summed E-state index contributed by atoms with van der Waals surface area (Å²) >= 11 is 5.95. The second kappa shape index (κ2) is 9.28. The van der Waals surface area contributed by atoms with E-state index in [9.17, 15) is 9.18 Å². The van der Waals surface area contributed by atoms with Crippen molar-refractivity contribution in [1.82, 2.24) is 9.78 Å². The number of anilines is 1. The van der Waals surface area contributed by atoms with Gasteiger partial charge in [0.05, 0.1) is 23.6 Å². The van der Waals surface area contributed by atoms with Crippen molar-refractivity contribution in [1.29, 1.82) is 0 Å². The normalized spacial score (nSPS) is 10.9. The van der Waals surface area contributed by atoms with Gasteiger partial charge >= 0.3 is 0 Å². The van der Waals surface area contributed by atoms with Gasteiger partial charge in [-0.1, -0.05) is 29.8 Å². The minimum absolute atomic E-state index is 0.159. The summed E-state index contributed by atoms with van der Waals surface area (Å²) in [6, 6.07) is 16.7. The van der Waals surface area contributed by atoms with Crippen LogP contribution in [0.1, 0.15) is 33.3 Å². The third-order valence-corrected chi connectivity index (χ3v) is 5.14. The molecule has 0 radical (unpaired) electrons. The van der Waals surface area contributed by atoms with E-state index in [0.717, 1.165) is 11.3 Å². The van der Waals surface area contributed by atoms with E-state index in [1.165, 1.54) is 12.1 Å². The van der Waals surface area contributed by atoms with Gasteiger partial charge in [0.25, 0.3) is 5.91 Å². The van der Waals surface area contributed by atoms with Gasteiger partial charge in [-0.05, 0) is 61.9 Å². The van der Waals surface area contributed by atoms with Gasteiger partial charge < -0.3 is 14.5 Å². The first-order valence-corrected chi connectivity index (χ1v) is 10.3. The highest BCUT2D eigenvalue weighted by atomic mass is 35.5. The minimum Gasteiger partial charge on any atom is -0.486 e. The number of halogens is 2. The van der Waals surface area contributed by atoms with E-state index < -0.39 is 5.91 Å². The van der Waals surface area contributed by atoms with Crippen LogP contribution in [0.15, 0.2) is 65.1 Å². The Balaban J connectivity index is 1.42. The van der Waals surface area contributed by atoms with Crippen LogP contribution >= 0.6 is 11.6 Å². The first kappa shape index (κ1) is 21.6. The fraction of sp³-hybridized carbons (Fsp3) is 0.167. The van der Waals surface area contributed by atoms with Gasteiger partial charge in [0.1, 0.15) is 23.9 Å². The number of benzene rings is 2. The molecule has 0 saturated heterocycles. The first-order valence-electron chi connectivity index (χ1n) is 9.96. The number of hydrogen-bond acceptors (Lipinski definition) is 4. The number of aryl methyl sites for hydroxylation is 1. The van der Waals surface area contributed by atoms with Gasteiger partial charge in [-0.3, -0.25) is 9.48 Å². The van der Waals surface area contributed by atoms with E-state index in [2.05, 4.69) is 10.4 Å². The van der Waals surface area contributed by atoms with Crippen LogP contribution < -0.4 is 10.1 Å². The van der Waals surface area contributed by atoms with E-state index in [-0.39, 0.29) is 18.2 Å². The van der Waals surface area contributed by atoms with Gasteiger partial charge in [0.15, 0.2) is 5.76 Å². The van der Waals surface area contributed by atoms with Crippen LogP contribution in [0.2, 0.25) is 5.02 Å². The highest BCUT2D eigenvalue weighted by Gasteiger charge is 2.18. The zero-order valence-electron chi connectivity index (χ0n) is 17.6. The molecule has 2 heterocycles. The molecule has 164 valence electrons. The molecule has 1 amide bonds. The maximum absolute atomic E-state index is 13.5. The molecule has 0 aliphatic heterocycles. The van der Waals surface area contributed by atoms with Crippen molar-refractivity contribution in [2.75, 3.05) is 5.32 Å². The fourth-order valence-corrected chi connectivity index (χ4v) is 3.48. The molecule has 1 N–H and O–H groups in total. The molecular weight excluding hydrogens is 433 g/mol. The number of nitrogens with zero attached hydrogens (tertiary/aromatic N) is 2. The van der Waals surface area contributed by atoms with Crippen LogP contribution in [0, 0.1) is 19.7 Å². The summed E-state index contributed by atoms with van der Waals surface area (Å²) in [7, 11) is 0. The smallest absolute Gasteiger partial charge is 0.291 e. The van der Waals surface area contributed by atoms with Crippen molar-refractivity contribution in [3.8, 4) is 5.75 Å². The standard InChI is InChI=1S/C24H21ClFN3O3/c1-15-23(16(2)29(28-15)13-17-5-3-7-19(26)11-17)27-24(30)22-10-9-21(32-22)14-31-20-8-4-6-18(25)12-20/h3-12H,13-14H2,1-2H3,(H,27,30). The van der Waals surface area contributed by atoms with Gasteiger partial charge in [0.2, 0.25) is 0 Å². The number of amides is 1. The lowest BCUT2D eigenvalue weighted by Crippen LogP contribution is -2.12. The molecule has 2 aromatic carbocycles. The van der Waals surface area contributed by atoms with E-state index >= 15 is 0 Å². The maximum atomic E-state index is 13.5. The van der Waals surface area contributed by atoms with E-state index in [1.54, 1.807) is 54.1 Å². The molecule has 8 heteroatoms. The van der Waals surface area contributed by atoms with Crippen molar-refractivity contribution < 1.29 is 18.3 Å². The maximum Gasteiger partial charge on any atom is 0.291 e. The van der Waals surface area contributed by atoms with Crippen LogP contribution in [0.25, 0.3) is 0 Å². The molecule has 4 aromatic rings. The van der Waals surface area contributed by atoms with Crippen LogP contribution in [0.3, 0.4) is 0 Å². The molecule has 0 aliphatic carbocycles. The van der Waals surface area contributed by atoms with Crippen molar-refractivity contribution in [3.05, 3.63) is 100.0 Å². The molecule has 0 fully saturated rings. The number of rotatable bonds is 7. The molecule has 2 aromatic heterocycles. The van der Waals surface area contributed by atoms with E-state index in [0.29, 0.717) is 34.5 Å². The zero-order chi connectivity index (χ0) is 22.7. The Morgan fingerprint density at radius 3 is 2.75 bits per heavy atom. The Kier molecular flexibility index (Phi) is 6.28. The summed E-state index contributed by atoms with van der Waals surface area (Å²) in [4.78, 5) is 12.7. The Morgan fingerprint density at radius 1 is 1.16 bits per heavy atom. The highest BCUT2D eigenvalue weighted by molar-refractivity contribution is 6.30. The summed E-state index contributed by atoms with van der Waals surface area (Å²) in [6.45, 7) is 4.21. The zero-order valence-corrected chi connectivity index (χ0v) is 18.3. The van der Waals surface area contributed by atoms with Crippen LogP contribution in [0.4, 0.5) is 10.1 Å². The molecule has 0 aliphatic rings. The predicted octanol–water partition coefficient (Wildman–Crippen LogP) is 5.77. The molecule has 6 nitrogen and oxygen atoms in total. The molecule has 0 spiro atoms. The summed E-state index contributed by atoms with van der Waals surface area (Å²) in [5, 5.41) is 7.91. The molecule has 32 heavy (non-hydrogen) atoms. The number of furan rings is 1. The fourth-order valence-electron chi connectivity index (χ4n) is 3.30. The second-order valence-corrected chi connectivity index (χ2v) is 7.74. The average Bonchev–Trinajstić information content (AvgIpc) is 3.33. The minimum atomic E-state index is -0.393. The molecule has 4 rings (SSSR count). The number of nitrogens with one attached hydrogen (secondary N) is 1. The number of carbonyl (C=O) groups excluding carboxylic acids is 1.